The van der Waals surface area contributed by atoms with Gasteiger partial charge in [0.15, 0.2) is 5.69 Å². The van der Waals surface area contributed by atoms with E-state index in [9.17, 15) is 4.79 Å². The number of pyridine rings is 1. The molecule has 1 fully saturated rings. The topological polar surface area (TPSA) is 97.7 Å². The maximum atomic E-state index is 12.4. The van der Waals surface area contributed by atoms with Crippen LogP contribution in [0.4, 0.5) is 5.69 Å². The lowest BCUT2D eigenvalue weighted by Gasteiger charge is -2.35. The molecule has 1 amide bonds. The number of nitrogens with one attached hydrogen (secondary N) is 2. The van der Waals surface area contributed by atoms with Gasteiger partial charge in [0, 0.05) is 36.0 Å². The lowest BCUT2D eigenvalue weighted by atomic mass is 9.78. The molecule has 2 N–H and O–H groups in total. The van der Waals surface area contributed by atoms with Crippen molar-refractivity contribution in [3.05, 3.63) is 65.9 Å². The van der Waals surface area contributed by atoms with Crippen molar-refractivity contribution in [2.45, 2.75) is 31.8 Å². The van der Waals surface area contributed by atoms with Gasteiger partial charge in [0.2, 0.25) is 0 Å². The Hall–Kier alpha value is -3.68. The first-order chi connectivity index (χ1) is 14.5. The van der Waals surface area contributed by atoms with Crippen molar-refractivity contribution in [3.63, 3.8) is 0 Å². The summed E-state index contributed by atoms with van der Waals surface area (Å²) < 4.78 is 7.67. The van der Waals surface area contributed by atoms with E-state index in [0.29, 0.717) is 11.6 Å². The van der Waals surface area contributed by atoms with Crippen LogP contribution in [-0.4, -0.2) is 37.0 Å². The fraction of sp³-hybridized carbons (Fsp3) is 0.273. The summed E-state index contributed by atoms with van der Waals surface area (Å²) in [7, 11) is 1.72. The highest BCUT2D eigenvalue weighted by Gasteiger charge is 2.32. The monoisotopic (exact) mass is 402 g/mol. The van der Waals surface area contributed by atoms with Gasteiger partial charge < -0.3 is 15.0 Å². The quantitative estimate of drug-likeness (QED) is 0.532. The van der Waals surface area contributed by atoms with Crippen molar-refractivity contribution in [1.82, 2.24) is 25.0 Å². The van der Waals surface area contributed by atoms with E-state index in [1.54, 1.807) is 19.4 Å². The Kier molecular flexibility index (Phi) is 4.46. The molecule has 0 radical (unpaired) electrons. The average molecular weight is 402 g/mol. The molecule has 1 saturated carbocycles. The first kappa shape index (κ1) is 18.4. The highest BCUT2D eigenvalue weighted by molar-refractivity contribution is 6.08. The van der Waals surface area contributed by atoms with E-state index in [0.717, 1.165) is 35.2 Å². The lowest BCUT2D eigenvalue weighted by Crippen LogP contribution is -2.32. The van der Waals surface area contributed by atoms with E-state index >= 15 is 0 Å². The van der Waals surface area contributed by atoms with E-state index < -0.39 is 0 Å². The number of anilines is 1. The number of rotatable bonds is 5. The Morgan fingerprint density at radius 1 is 1.27 bits per heavy atom. The predicted octanol–water partition coefficient (Wildman–Crippen LogP) is 3.58. The van der Waals surface area contributed by atoms with Crippen molar-refractivity contribution in [3.8, 4) is 5.75 Å². The molecule has 152 valence electrons. The van der Waals surface area contributed by atoms with Gasteiger partial charge >= 0.3 is 0 Å². The number of carbonyl (C=O) groups is 1. The van der Waals surface area contributed by atoms with Crippen molar-refractivity contribution in [2.75, 3.05) is 5.32 Å². The Balaban J connectivity index is 1.26. The molecule has 5 rings (SSSR count). The Morgan fingerprint density at radius 3 is 2.87 bits per heavy atom. The summed E-state index contributed by atoms with van der Waals surface area (Å²) in [6.07, 6.45) is 7.46. The Labute approximate surface area is 173 Å². The molecule has 8 heteroatoms. The highest BCUT2D eigenvalue weighted by atomic mass is 16.5. The molecule has 1 aliphatic carbocycles. The van der Waals surface area contributed by atoms with E-state index in [2.05, 4.69) is 37.7 Å². The first-order valence-corrected chi connectivity index (χ1v) is 9.93. The molecule has 1 aliphatic rings. The molecule has 0 bridgehead atoms. The van der Waals surface area contributed by atoms with Crippen molar-refractivity contribution in [1.29, 1.82) is 0 Å². The number of hydrogen-bond donors (Lipinski definition) is 2. The number of amides is 1. The third-order valence-corrected chi connectivity index (χ3v) is 5.54. The third-order valence-electron chi connectivity index (χ3n) is 5.54. The van der Waals surface area contributed by atoms with E-state index in [-0.39, 0.29) is 17.7 Å². The summed E-state index contributed by atoms with van der Waals surface area (Å²) in [5, 5.41) is 11.4. The van der Waals surface area contributed by atoms with E-state index in [1.165, 1.54) is 10.2 Å². The summed E-state index contributed by atoms with van der Waals surface area (Å²) in [5.74, 6) is 0.993. The minimum absolute atomic E-state index is 0.185. The summed E-state index contributed by atoms with van der Waals surface area (Å²) in [6.45, 7) is 2.00. The molecule has 3 aromatic heterocycles. The molecule has 0 saturated heterocycles. The molecule has 4 aromatic rings. The zero-order chi connectivity index (χ0) is 20.7. The number of aromatic nitrogens is 5. The number of aryl methyl sites for hydroxylation is 2. The van der Waals surface area contributed by atoms with Crippen LogP contribution >= 0.6 is 0 Å². The number of hydrogen-bond acceptors (Lipinski definition) is 5. The van der Waals surface area contributed by atoms with Crippen LogP contribution in [-0.2, 0) is 7.05 Å². The predicted molar refractivity (Wildman–Crippen MR) is 113 cm³/mol. The standard InChI is InChI=1S/C22H22N6O2/c1-13-3-4-14(10-23-13)15-7-17(8-15)30-16-5-6-19-18(9-16)20(11-24-19)25-22(29)21-12-28(2)27-26-21/h3-6,9-12,15,17,24H,7-8H2,1-2H3,(H,25,29). The zero-order valence-corrected chi connectivity index (χ0v) is 16.8. The lowest BCUT2D eigenvalue weighted by molar-refractivity contribution is 0.0985. The third kappa shape index (κ3) is 3.52. The largest absolute Gasteiger partial charge is 0.490 e. The molecule has 0 unspecified atom stereocenters. The van der Waals surface area contributed by atoms with Crippen molar-refractivity contribution >= 4 is 22.5 Å². The molecule has 0 spiro atoms. The molecule has 0 atom stereocenters. The number of nitrogens with zero attached hydrogens (tertiary/aromatic N) is 4. The summed E-state index contributed by atoms with van der Waals surface area (Å²) in [4.78, 5) is 20.0. The number of carbonyl (C=O) groups excluding carboxylic acids is 1. The van der Waals surface area contributed by atoms with Crippen LogP contribution in [0.5, 0.6) is 5.75 Å². The van der Waals surface area contributed by atoms with Crippen LogP contribution in [0, 0.1) is 6.92 Å². The van der Waals surface area contributed by atoms with Gasteiger partial charge in [0.05, 0.1) is 18.0 Å². The fourth-order valence-corrected chi connectivity index (χ4v) is 3.76. The normalized spacial score (nSPS) is 18.2. The van der Waals surface area contributed by atoms with Crippen LogP contribution in [0.25, 0.3) is 10.9 Å². The zero-order valence-electron chi connectivity index (χ0n) is 16.8. The maximum absolute atomic E-state index is 12.4. The van der Waals surface area contributed by atoms with Crippen LogP contribution < -0.4 is 10.1 Å². The second-order valence-electron chi connectivity index (χ2n) is 7.78. The molecular weight excluding hydrogens is 380 g/mol. The van der Waals surface area contributed by atoms with Gasteiger partial charge in [0.25, 0.3) is 5.91 Å². The average Bonchev–Trinajstić information content (AvgIpc) is 3.32. The second kappa shape index (κ2) is 7.29. The molecule has 0 aliphatic heterocycles. The van der Waals surface area contributed by atoms with Gasteiger partial charge in [-0.05, 0) is 55.5 Å². The Morgan fingerprint density at radius 2 is 2.13 bits per heavy atom. The van der Waals surface area contributed by atoms with Crippen LogP contribution in [0.2, 0.25) is 0 Å². The van der Waals surface area contributed by atoms with Gasteiger partial charge in [0.1, 0.15) is 5.75 Å². The van der Waals surface area contributed by atoms with Gasteiger partial charge in [-0.15, -0.1) is 5.10 Å². The van der Waals surface area contributed by atoms with Gasteiger partial charge in [-0.25, -0.2) is 0 Å². The molecule has 8 nitrogen and oxygen atoms in total. The minimum Gasteiger partial charge on any atom is -0.490 e. The molecule has 1 aromatic carbocycles. The molecular formula is C22H22N6O2. The highest BCUT2D eigenvalue weighted by Crippen LogP contribution is 2.39. The SMILES string of the molecule is Cc1ccc(C2CC(Oc3ccc4[nH]cc(NC(=O)c5cn(C)nn5)c4c3)C2)cn1. The fourth-order valence-electron chi connectivity index (χ4n) is 3.76. The van der Waals surface area contributed by atoms with Crippen molar-refractivity contribution in [2.24, 2.45) is 7.05 Å². The number of ether oxygens (including phenoxy) is 1. The minimum atomic E-state index is -0.302. The second-order valence-corrected chi connectivity index (χ2v) is 7.78. The van der Waals surface area contributed by atoms with Gasteiger partial charge in [-0.3, -0.25) is 14.5 Å². The number of aromatic amines is 1. The Bertz CT molecular complexity index is 1200. The van der Waals surface area contributed by atoms with E-state index in [4.69, 9.17) is 4.74 Å². The number of fused-ring (bicyclic) bond motifs is 1. The van der Waals surface area contributed by atoms with Gasteiger partial charge in [-0.1, -0.05) is 11.3 Å². The smallest absolute Gasteiger partial charge is 0.277 e. The maximum Gasteiger partial charge on any atom is 0.277 e. The molecule has 30 heavy (non-hydrogen) atoms. The van der Waals surface area contributed by atoms with Crippen LogP contribution in [0.3, 0.4) is 0 Å². The summed E-state index contributed by atoms with van der Waals surface area (Å²) in [6, 6.07) is 10.1. The summed E-state index contributed by atoms with van der Waals surface area (Å²) in [5.41, 5.74) is 4.19. The number of H-pyrrole nitrogens is 1. The van der Waals surface area contributed by atoms with E-state index in [1.807, 2.05) is 31.3 Å². The van der Waals surface area contributed by atoms with Crippen molar-refractivity contribution < 1.29 is 9.53 Å². The number of benzene rings is 1. The molecule has 3 heterocycles. The summed E-state index contributed by atoms with van der Waals surface area (Å²) >= 11 is 0. The van der Waals surface area contributed by atoms with Gasteiger partial charge in [-0.2, -0.15) is 0 Å². The first-order valence-electron chi connectivity index (χ1n) is 9.93. The van der Waals surface area contributed by atoms with Crippen LogP contribution in [0.15, 0.2) is 48.9 Å². The van der Waals surface area contributed by atoms with Crippen LogP contribution in [0.1, 0.15) is 40.5 Å².